The largest absolute Gasteiger partial charge is 0.453 e. The number of rotatable bonds is 5. The van der Waals surface area contributed by atoms with E-state index < -0.39 is 11.7 Å². The Hall–Kier alpha value is -2.64. The van der Waals surface area contributed by atoms with Crippen molar-refractivity contribution >= 4 is 29.3 Å². The molecule has 0 unspecified atom stereocenters. The van der Waals surface area contributed by atoms with E-state index in [0.717, 1.165) is 11.1 Å². The van der Waals surface area contributed by atoms with Crippen LogP contribution in [0.1, 0.15) is 10.5 Å². The van der Waals surface area contributed by atoms with Gasteiger partial charge in [0.15, 0.2) is 11.4 Å². The number of hydrogen-bond acceptors (Lipinski definition) is 5. The minimum atomic E-state index is -0.748. The third-order valence-corrected chi connectivity index (χ3v) is 4.24. The first kappa shape index (κ1) is 17.2. The van der Waals surface area contributed by atoms with E-state index in [1.54, 1.807) is 12.3 Å². The summed E-state index contributed by atoms with van der Waals surface area (Å²) >= 11 is 7.30. The average molecular weight is 376 g/mol. The second-order valence-electron chi connectivity index (χ2n) is 4.83. The van der Waals surface area contributed by atoms with Crippen molar-refractivity contribution in [1.29, 1.82) is 0 Å². The van der Waals surface area contributed by atoms with Gasteiger partial charge in [-0.1, -0.05) is 29.4 Å². The second-order valence-corrected chi connectivity index (χ2v) is 6.33. The van der Waals surface area contributed by atoms with Gasteiger partial charge < -0.3 is 10.5 Å². The topological polar surface area (TPSA) is 78.1 Å². The molecule has 0 aliphatic rings. The number of pyridine rings is 2. The number of benzene rings is 1. The van der Waals surface area contributed by atoms with E-state index in [1.807, 2.05) is 18.2 Å². The fraction of sp³-hybridized carbons (Fsp3) is 0. The zero-order valence-electron chi connectivity index (χ0n) is 12.6. The minimum absolute atomic E-state index is 0.0502. The fourth-order valence-electron chi connectivity index (χ4n) is 1.95. The predicted molar refractivity (Wildman–Crippen MR) is 92.6 cm³/mol. The van der Waals surface area contributed by atoms with E-state index in [0.29, 0.717) is 4.90 Å². The number of nitrogens with two attached hydrogens (primary N) is 1. The molecule has 0 saturated heterocycles. The van der Waals surface area contributed by atoms with Crippen LogP contribution in [0.2, 0.25) is 5.02 Å². The monoisotopic (exact) mass is 375 g/mol. The summed E-state index contributed by atoms with van der Waals surface area (Å²) in [5.74, 6) is -0.929. The summed E-state index contributed by atoms with van der Waals surface area (Å²) in [6, 6.07) is 10.8. The van der Waals surface area contributed by atoms with Gasteiger partial charge in [-0.05, 0) is 36.4 Å². The van der Waals surface area contributed by atoms with Gasteiger partial charge in [-0.15, -0.1) is 0 Å². The lowest BCUT2D eigenvalue weighted by molar-refractivity contribution is 0.0993. The molecule has 25 heavy (non-hydrogen) atoms. The van der Waals surface area contributed by atoms with Crippen LogP contribution in [0.15, 0.2) is 64.8 Å². The van der Waals surface area contributed by atoms with Crippen molar-refractivity contribution in [3.63, 3.8) is 0 Å². The van der Waals surface area contributed by atoms with Crippen LogP contribution in [0.4, 0.5) is 4.39 Å². The van der Waals surface area contributed by atoms with Gasteiger partial charge in [0.2, 0.25) is 0 Å². The Morgan fingerprint density at radius 1 is 1.16 bits per heavy atom. The van der Waals surface area contributed by atoms with E-state index >= 15 is 0 Å². The highest BCUT2D eigenvalue weighted by Gasteiger charge is 2.15. The molecule has 3 rings (SSSR count). The number of primary amides is 1. The van der Waals surface area contributed by atoms with E-state index in [-0.39, 0.29) is 22.2 Å². The van der Waals surface area contributed by atoms with Crippen LogP contribution in [0, 0.1) is 5.82 Å². The molecule has 0 spiro atoms. The summed E-state index contributed by atoms with van der Waals surface area (Å²) in [5, 5.41) is 0.820. The number of hydrogen-bond donors (Lipinski definition) is 1. The zero-order valence-corrected chi connectivity index (χ0v) is 14.2. The molecule has 0 aliphatic heterocycles. The van der Waals surface area contributed by atoms with Gasteiger partial charge in [-0.2, -0.15) is 0 Å². The van der Waals surface area contributed by atoms with Gasteiger partial charge in [0.05, 0.1) is 5.02 Å². The van der Waals surface area contributed by atoms with Crippen molar-refractivity contribution in [1.82, 2.24) is 9.97 Å². The molecule has 5 nitrogen and oxygen atoms in total. The highest BCUT2D eigenvalue weighted by atomic mass is 35.5. The molecule has 0 bridgehead atoms. The summed E-state index contributed by atoms with van der Waals surface area (Å²) in [4.78, 5) is 20.5. The van der Waals surface area contributed by atoms with Gasteiger partial charge in [-0.25, -0.2) is 14.4 Å². The second kappa shape index (κ2) is 7.50. The van der Waals surface area contributed by atoms with Crippen LogP contribution in [0.25, 0.3) is 0 Å². The highest BCUT2D eigenvalue weighted by Crippen LogP contribution is 2.34. The molecule has 126 valence electrons. The van der Waals surface area contributed by atoms with Crippen molar-refractivity contribution < 1.29 is 13.9 Å². The summed E-state index contributed by atoms with van der Waals surface area (Å²) in [5.41, 5.74) is 5.29. The van der Waals surface area contributed by atoms with Gasteiger partial charge in [0.25, 0.3) is 5.91 Å². The average Bonchev–Trinajstić information content (AvgIpc) is 2.58. The van der Waals surface area contributed by atoms with Gasteiger partial charge >= 0.3 is 0 Å². The van der Waals surface area contributed by atoms with Crippen molar-refractivity contribution in [3.8, 4) is 11.5 Å². The Bertz CT molecular complexity index is 925. The van der Waals surface area contributed by atoms with Crippen LogP contribution in [-0.4, -0.2) is 15.9 Å². The van der Waals surface area contributed by atoms with Crippen LogP contribution < -0.4 is 10.5 Å². The van der Waals surface area contributed by atoms with E-state index in [1.165, 1.54) is 30.1 Å². The number of carbonyl (C=O) groups is 1. The van der Waals surface area contributed by atoms with Crippen molar-refractivity contribution in [2.24, 2.45) is 5.73 Å². The molecule has 1 amide bonds. The van der Waals surface area contributed by atoms with Crippen LogP contribution in [-0.2, 0) is 0 Å². The Labute approximate surface area is 152 Å². The summed E-state index contributed by atoms with van der Waals surface area (Å²) < 4.78 is 18.8. The van der Waals surface area contributed by atoms with E-state index in [9.17, 15) is 9.18 Å². The summed E-state index contributed by atoms with van der Waals surface area (Å²) in [7, 11) is 0. The third-order valence-electron chi connectivity index (χ3n) is 3.04. The summed E-state index contributed by atoms with van der Waals surface area (Å²) in [6.07, 6.45) is 3.17. The van der Waals surface area contributed by atoms with Gasteiger partial charge in [0, 0.05) is 17.3 Å². The first-order chi connectivity index (χ1) is 12.0. The number of halogens is 2. The van der Waals surface area contributed by atoms with Crippen molar-refractivity contribution in [2.45, 2.75) is 9.92 Å². The molecular weight excluding hydrogens is 365 g/mol. The molecule has 3 aromatic rings. The van der Waals surface area contributed by atoms with Crippen molar-refractivity contribution in [3.05, 3.63) is 71.4 Å². The Balaban J connectivity index is 1.94. The number of aromatic nitrogens is 2. The van der Waals surface area contributed by atoms with Gasteiger partial charge in [-0.3, -0.25) is 4.79 Å². The number of carbonyl (C=O) groups excluding carboxylic acids is 1. The lowest BCUT2D eigenvalue weighted by Gasteiger charge is -2.11. The van der Waals surface area contributed by atoms with Crippen LogP contribution in [0.5, 0.6) is 11.5 Å². The maximum absolute atomic E-state index is 13.2. The minimum Gasteiger partial charge on any atom is -0.453 e. The fourth-order valence-corrected chi connectivity index (χ4v) is 2.93. The lowest BCUT2D eigenvalue weighted by Crippen LogP contribution is -2.14. The van der Waals surface area contributed by atoms with E-state index in [4.69, 9.17) is 22.1 Å². The maximum atomic E-state index is 13.2. The molecule has 8 heteroatoms. The van der Waals surface area contributed by atoms with E-state index in [2.05, 4.69) is 9.97 Å². The smallest absolute Gasteiger partial charge is 0.271 e. The Morgan fingerprint density at radius 2 is 2.00 bits per heavy atom. The first-order valence-corrected chi connectivity index (χ1v) is 8.24. The Kier molecular flexibility index (Phi) is 5.16. The standard InChI is InChI=1S/C17H11ClFN3O2S/c18-12-7-10(19)4-5-13(12)24-14-8-11(9-22-16(14)17(20)23)25-15-3-1-2-6-21-15/h1-9H,(H2,20,23). The van der Waals surface area contributed by atoms with Crippen LogP contribution in [0.3, 0.4) is 0 Å². The lowest BCUT2D eigenvalue weighted by atomic mass is 10.3. The van der Waals surface area contributed by atoms with Gasteiger partial charge in [0.1, 0.15) is 16.6 Å². The quantitative estimate of drug-likeness (QED) is 0.718. The van der Waals surface area contributed by atoms with Crippen LogP contribution >= 0.6 is 23.4 Å². The molecule has 0 fully saturated rings. The SMILES string of the molecule is NC(=O)c1ncc(Sc2ccccn2)cc1Oc1ccc(F)cc1Cl. The molecule has 0 radical (unpaired) electrons. The molecule has 1 aromatic carbocycles. The molecule has 2 aromatic heterocycles. The third kappa shape index (κ3) is 4.26. The first-order valence-electron chi connectivity index (χ1n) is 7.04. The molecule has 0 aliphatic carbocycles. The predicted octanol–water partition coefficient (Wildman–Crippen LogP) is 4.31. The highest BCUT2D eigenvalue weighted by molar-refractivity contribution is 7.99. The number of ether oxygens (including phenoxy) is 1. The molecule has 0 saturated carbocycles. The normalized spacial score (nSPS) is 10.5. The molecule has 0 atom stereocenters. The number of nitrogens with zero attached hydrogens (tertiary/aromatic N) is 2. The molecular formula is C17H11ClFN3O2S. The zero-order chi connectivity index (χ0) is 17.8. The molecule has 2 heterocycles. The Morgan fingerprint density at radius 3 is 2.68 bits per heavy atom. The maximum Gasteiger partial charge on any atom is 0.271 e. The number of amides is 1. The van der Waals surface area contributed by atoms with Crippen molar-refractivity contribution in [2.75, 3.05) is 0 Å². The molecule has 2 N–H and O–H groups in total. The summed E-state index contributed by atoms with van der Waals surface area (Å²) in [6.45, 7) is 0.